The van der Waals surface area contributed by atoms with Gasteiger partial charge in [-0.2, -0.15) is 0 Å². The molecule has 1 unspecified atom stereocenters. The zero-order chi connectivity index (χ0) is 11.9. The lowest BCUT2D eigenvalue weighted by Gasteiger charge is -2.23. The smallest absolute Gasteiger partial charge is 0.327 e. The van der Waals surface area contributed by atoms with Gasteiger partial charge in [0.2, 0.25) is 0 Å². The number of carboxylic acids is 1. The van der Waals surface area contributed by atoms with Gasteiger partial charge in [-0.05, 0) is 18.2 Å². The van der Waals surface area contributed by atoms with Crippen molar-refractivity contribution < 1.29 is 18.3 Å². The molecule has 0 aliphatic carbocycles. The van der Waals surface area contributed by atoms with Crippen molar-refractivity contribution in [2.45, 2.75) is 10.9 Å². The number of sulfone groups is 1. The van der Waals surface area contributed by atoms with Gasteiger partial charge in [-0.3, -0.25) is 0 Å². The number of hydrogen-bond donors (Lipinski definition) is 2. The van der Waals surface area contributed by atoms with Gasteiger partial charge < -0.3 is 10.4 Å². The van der Waals surface area contributed by atoms with Gasteiger partial charge in [0.25, 0.3) is 0 Å². The molecule has 86 valence electrons. The molecule has 2 N–H and O–H groups in total. The second-order valence-electron chi connectivity index (χ2n) is 3.46. The maximum atomic E-state index is 11.8. The molecule has 16 heavy (non-hydrogen) atoms. The number of halogens is 1. The number of aliphatic carboxylic acids is 1. The molecule has 7 heteroatoms. The van der Waals surface area contributed by atoms with E-state index in [-0.39, 0.29) is 10.6 Å². The van der Waals surface area contributed by atoms with Crippen molar-refractivity contribution >= 4 is 33.1 Å². The summed E-state index contributed by atoms with van der Waals surface area (Å²) in [5.41, 5.74) is 0.281. The van der Waals surface area contributed by atoms with E-state index in [2.05, 4.69) is 5.32 Å². The summed E-state index contributed by atoms with van der Waals surface area (Å²) in [4.78, 5) is 10.8. The van der Waals surface area contributed by atoms with Gasteiger partial charge in [0.05, 0.1) is 16.3 Å². The van der Waals surface area contributed by atoms with Crippen LogP contribution in [0.25, 0.3) is 0 Å². The number of nitrogens with one attached hydrogen (secondary N) is 1. The average molecular weight is 262 g/mol. The van der Waals surface area contributed by atoms with E-state index in [9.17, 15) is 13.2 Å². The fourth-order valence-electron chi connectivity index (χ4n) is 1.54. The van der Waals surface area contributed by atoms with Crippen LogP contribution in [-0.2, 0) is 14.6 Å². The second kappa shape index (κ2) is 3.64. The highest BCUT2D eigenvalue weighted by atomic mass is 35.5. The van der Waals surface area contributed by atoms with Crippen molar-refractivity contribution in [3.63, 3.8) is 0 Å². The second-order valence-corrected chi connectivity index (χ2v) is 5.90. The van der Waals surface area contributed by atoms with Crippen molar-refractivity contribution in [2.75, 3.05) is 11.1 Å². The predicted molar refractivity (Wildman–Crippen MR) is 58.6 cm³/mol. The lowest BCUT2D eigenvalue weighted by molar-refractivity contribution is -0.137. The maximum Gasteiger partial charge on any atom is 0.327 e. The van der Waals surface area contributed by atoms with E-state index < -0.39 is 27.6 Å². The van der Waals surface area contributed by atoms with E-state index in [4.69, 9.17) is 16.7 Å². The first-order chi connectivity index (χ1) is 7.40. The van der Waals surface area contributed by atoms with Crippen LogP contribution in [0.5, 0.6) is 0 Å². The van der Waals surface area contributed by atoms with Crippen LogP contribution in [0.15, 0.2) is 23.1 Å². The minimum absolute atomic E-state index is 0.0532. The molecule has 1 atom stereocenters. The highest BCUT2D eigenvalue weighted by Crippen LogP contribution is 2.30. The minimum atomic E-state index is -3.59. The first kappa shape index (κ1) is 11.2. The van der Waals surface area contributed by atoms with Crippen LogP contribution in [0.1, 0.15) is 0 Å². The third-order valence-electron chi connectivity index (χ3n) is 2.29. The first-order valence-corrected chi connectivity index (χ1v) is 6.45. The standard InChI is InChI=1S/C9H8ClNO4S/c10-5-1-2-6-8(3-5)16(14,15)4-7(11-6)9(12)13/h1-3,7,11H,4H2,(H,12,13). The van der Waals surface area contributed by atoms with Gasteiger partial charge in [0.1, 0.15) is 6.04 Å². The largest absolute Gasteiger partial charge is 0.480 e. The maximum absolute atomic E-state index is 11.8. The molecule has 1 aromatic carbocycles. The van der Waals surface area contributed by atoms with Gasteiger partial charge in [0, 0.05) is 5.02 Å². The summed E-state index contributed by atoms with van der Waals surface area (Å²) in [6.45, 7) is 0. The third-order valence-corrected chi connectivity index (χ3v) is 4.31. The SMILES string of the molecule is O=C(O)C1CS(=O)(=O)c2cc(Cl)ccc2N1. The Morgan fingerprint density at radius 2 is 2.19 bits per heavy atom. The summed E-state index contributed by atoms with van der Waals surface area (Å²) < 4.78 is 23.6. The zero-order valence-corrected chi connectivity index (χ0v) is 9.55. The Morgan fingerprint density at radius 1 is 1.50 bits per heavy atom. The monoisotopic (exact) mass is 261 g/mol. The topological polar surface area (TPSA) is 83.5 Å². The number of fused-ring (bicyclic) bond motifs is 1. The molecule has 0 radical (unpaired) electrons. The zero-order valence-electron chi connectivity index (χ0n) is 7.97. The Morgan fingerprint density at radius 3 is 2.81 bits per heavy atom. The summed E-state index contributed by atoms with van der Waals surface area (Å²) in [6.07, 6.45) is 0. The molecule has 1 aliphatic rings. The van der Waals surface area contributed by atoms with Gasteiger partial charge in [0.15, 0.2) is 9.84 Å². The number of carbonyl (C=O) groups is 1. The van der Waals surface area contributed by atoms with Crippen LogP contribution in [0.2, 0.25) is 5.02 Å². The number of rotatable bonds is 1. The van der Waals surface area contributed by atoms with E-state index in [1.807, 2.05) is 0 Å². The summed E-state index contributed by atoms with van der Waals surface area (Å²) in [5.74, 6) is -1.65. The van der Waals surface area contributed by atoms with Crippen molar-refractivity contribution in [3.05, 3.63) is 23.2 Å². The van der Waals surface area contributed by atoms with Crippen LogP contribution in [0.4, 0.5) is 5.69 Å². The highest BCUT2D eigenvalue weighted by molar-refractivity contribution is 7.91. The van der Waals surface area contributed by atoms with Crippen molar-refractivity contribution in [1.29, 1.82) is 0 Å². The summed E-state index contributed by atoms with van der Waals surface area (Å²) in [6, 6.07) is 3.17. The number of anilines is 1. The van der Waals surface area contributed by atoms with Crippen molar-refractivity contribution in [2.24, 2.45) is 0 Å². The molecular weight excluding hydrogens is 254 g/mol. The average Bonchev–Trinajstić information content (AvgIpc) is 2.18. The number of carboxylic acid groups (broad SMARTS) is 1. The van der Waals surface area contributed by atoms with Crippen molar-refractivity contribution in [3.8, 4) is 0 Å². The van der Waals surface area contributed by atoms with Crippen molar-refractivity contribution in [1.82, 2.24) is 0 Å². The number of hydrogen-bond acceptors (Lipinski definition) is 4. The van der Waals surface area contributed by atoms with Crippen LogP contribution in [-0.4, -0.2) is 31.3 Å². The van der Waals surface area contributed by atoms with Gasteiger partial charge >= 0.3 is 5.97 Å². The van der Waals surface area contributed by atoms with E-state index >= 15 is 0 Å². The Kier molecular flexibility index (Phi) is 2.55. The molecule has 0 saturated carbocycles. The molecular formula is C9H8ClNO4S. The molecule has 0 spiro atoms. The van der Waals surface area contributed by atoms with Crippen LogP contribution < -0.4 is 5.32 Å². The van der Waals surface area contributed by atoms with Gasteiger partial charge in [-0.1, -0.05) is 11.6 Å². The molecule has 0 fully saturated rings. The highest BCUT2D eigenvalue weighted by Gasteiger charge is 2.33. The van der Waals surface area contributed by atoms with E-state index in [1.54, 1.807) is 0 Å². The fraction of sp³-hybridized carbons (Fsp3) is 0.222. The van der Waals surface area contributed by atoms with Gasteiger partial charge in [-0.15, -0.1) is 0 Å². The summed E-state index contributed by atoms with van der Waals surface area (Å²) >= 11 is 5.69. The summed E-state index contributed by atoms with van der Waals surface area (Å²) in [7, 11) is -3.59. The lowest BCUT2D eigenvalue weighted by Crippen LogP contribution is -2.40. The molecule has 1 heterocycles. The molecule has 5 nitrogen and oxygen atoms in total. The predicted octanol–water partition coefficient (Wildman–Crippen LogP) is 0.992. The van der Waals surface area contributed by atoms with Crippen LogP contribution >= 0.6 is 11.6 Å². The molecule has 0 aromatic heterocycles. The fourth-order valence-corrected chi connectivity index (χ4v) is 3.39. The van der Waals surface area contributed by atoms with Gasteiger partial charge in [-0.25, -0.2) is 13.2 Å². The minimum Gasteiger partial charge on any atom is -0.480 e. The Bertz CT molecular complexity index is 555. The van der Waals surface area contributed by atoms with E-state index in [0.29, 0.717) is 5.02 Å². The van der Waals surface area contributed by atoms with Crippen LogP contribution in [0.3, 0.4) is 0 Å². The normalized spacial score (nSPS) is 21.9. The molecule has 1 aliphatic heterocycles. The van der Waals surface area contributed by atoms with Crippen LogP contribution in [0, 0.1) is 0 Å². The molecule has 0 saturated heterocycles. The molecule has 0 amide bonds. The first-order valence-electron chi connectivity index (χ1n) is 4.42. The number of benzene rings is 1. The molecule has 0 bridgehead atoms. The van der Waals surface area contributed by atoms with E-state index in [1.165, 1.54) is 18.2 Å². The van der Waals surface area contributed by atoms with E-state index in [0.717, 1.165) is 0 Å². The summed E-state index contributed by atoms with van der Waals surface area (Å²) in [5, 5.41) is 11.7. The Labute approximate surface area is 97.0 Å². The molecule has 2 rings (SSSR count). The molecule has 1 aromatic rings. The lowest BCUT2D eigenvalue weighted by atomic mass is 10.2. The quantitative estimate of drug-likeness (QED) is 0.788. The Hall–Kier alpha value is -1.27. The Balaban J connectivity index is 2.56. The third kappa shape index (κ3) is 1.85.